The number of hydrogen-bond donors (Lipinski definition) is 1. The molecule has 21 heavy (non-hydrogen) atoms. The standard InChI is InChI=1S/C17H21FN2S/c1-4-9-20(10-5-2)12-13-16(11-19-3)21-15-8-6-7-14(18)17(13)15/h4-8,19H,1-2,9-12H2,3H3. The van der Waals surface area contributed by atoms with Gasteiger partial charge in [-0.2, -0.15) is 0 Å². The van der Waals surface area contributed by atoms with E-state index in [1.54, 1.807) is 17.4 Å². The Labute approximate surface area is 129 Å². The Balaban J connectivity index is 2.45. The van der Waals surface area contributed by atoms with Crippen molar-refractivity contribution in [2.45, 2.75) is 13.1 Å². The Bertz CT molecular complexity index is 623. The van der Waals surface area contributed by atoms with Gasteiger partial charge in [0.25, 0.3) is 0 Å². The highest BCUT2D eigenvalue weighted by Crippen LogP contribution is 2.34. The van der Waals surface area contributed by atoms with Crippen LogP contribution < -0.4 is 5.32 Å². The zero-order valence-electron chi connectivity index (χ0n) is 12.4. The van der Waals surface area contributed by atoms with E-state index in [1.165, 1.54) is 10.9 Å². The Kier molecular flexibility index (Phi) is 5.67. The van der Waals surface area contributed by atoms with Gasteiger partial charge >= 0.3 is 0 Å². The second kappa shape index (κ2) is 7.50. The average Bonchev–Trinajstić information content (AvgIpc) is 2.79. The first-order valence-electron chi connectivity index (χ1n) is 6.98. The fourth-order valence-electron chi connectivity index (χ4n) is 2.48. The summed E-state index contributed by atoms with van der Waals surface area (Å²) >= 11 is 1.66. The van der Waals surface area contributed by atoms with E-state index >= 15 is 0 Å². The molecule has 2 aromatic rings. The quantitative estimate of drug-likeness (QED) is 0.743. The maximum absolute atomic E-state index is 14.2. The van der Waals surface area contributed by atoms with E-state index in [4.69, 9.17) is 0 Å². The molecule has 0 saturated carbocycles. The lowest BCUT2D eigenvalue weighted by Crippen LogP contribution is -2.24. The molecule has 1 N–H and O–H groups in total. The predicted octanol–water partition coefficient (Wildman–Crippen LogP) is 3.93. The SMILES string of the molecule is C=CCN(CC=C)Cc1c(CNC)sc2cccc(F)c12. The summed E-state index contributed by atoms with van der Waals surface area (Å²) < 4.78 is 15.3. The largest absolute Gasteiger partial charge is 0.315 e. The van der Waals surface area contributed by atoms with Crippen LogP contribution in [0.5, 0.6) is 0 Å². The lowest BCUT2D eigenvalue weighted by atomic mass is 10.1. The van der Waals surface area contributed by atoms with Crippen molar-refractivity contribution in [1.82, 2.24) is 10.2 Å². The van der Waals surface area contributed by atoms with E-state index in [2.05, 4.69) is 23.4 Å². The second-order valence-electron chi connectivity index (χ2n) is 4.92. The summed E-state index contributed by atoms with van der Waals surface area (Å²) in [5.74, 6) is -0.141. The molecule has 2 nitrogen and oxygen atoms in total. The van der Waals surface area contributed by atoms with Gasteiger partial charge in [0.1, 0.15) is 5.82 Å². The van der Waals surface area contributed by atoms with Crippen molar-refractivity contribution >= 4 is 21.4 Å². The molecule has 0 spiro atoms. The van der Waals surface area contributed by atoms with Gasteiger partial charge in [-0.3, -0.25) is 4.90 Å². The summed E-state index contributed by atoms with van der Waals surface area (Å²) in [6.45, 7) is 10.6. The van der Waals surface area contributed by atoms with Crippen LogP contribution in [-0.4, -0.2) is 25.0 Å². The third-order valence-electron chi connectivity index (χ3n) is 3.34. The van der Waals surface area contributed by atoms with Crippen molar-refractivity contribution < 1.29 is 4.39 Å². The first-order chi connectivity index (χ1) is 10.2. The molecular formula is C17H21FN2S. The van der Waals surface area contributed by atoms with Crippen LogP contribution in [0.3, 0.4) is 0 Å². The van der Waals surface area contributed by atoms with Gasteiger partial charge in [-0.25, -0.2) is 4.39 Å². The van der Waals surface area contributed by atoms with Gasteiger partial charge in [-0.15, -0.1) is 24.5 Å². The van der Waals surface area contributed by atoms with E-state index in [-0.39, 0.29) is 5.82 Å². The zero-order valence-corrected chi connectivity index (χ0v) is 13.2. The fraction of sp³-hybridized carbons (Fsp3) is 0.294. The summed E-state index contributed by atoms with van der Waals surface area (Å²) in [4.78, 5) is 3.39. The molecule has 2 rings (SSSR count). The molecule has 4 heteroatoms. The minimum Gasteiger partial charge on any atom is -0.315 e. The molecule has 0 fully saturated rings. The molecule has 0 aliphatic rings. The average molecular weight is 304 g/mol. The van der Waals surface area contributed by atoms with Gasteiger partial charge in [0.2, 0.25) is 0 Å². The maximum Gasteiger partial charge on any atom is 0.132 e. The Morgan fingerprint density at radius 3 is 2.62 bits per heavy atom. The van der Waals surface area contributed by atoms with E-state index in [0.29, 0.717) is 6.54 Å². The number of thiophene rings is 1. The van der Waals surface area contributed by atoms with Crippen LogP contribution in [0.4, 0.5) is 4.39 Å². The summed E-state index contributed by atoms with van der Waals surface area (Å²) in [5.41, 5.74) is 1.08. The van der Waals surface area contributed by atoms with Crippen molar-refractivity contribution in [3.05, 3.63) is 59.8 Å². The molecule has 0 bridgehead atoms. The summed E-state index contributed by atoms with van der Waals surface area (Å²) in [5, 5.41) is 3.93. The van der Waals surface area contributed by atoms with Crippen LogP contribution in [-0.2, 0) is 13.1 Å². The third kappa shape index (κ3) is 3.59. The molecule has 0 radical (unpaired) electrons. The lowest BCUT2D eigenvalue weighted by Gasteiger charge is -2.19. The highest BCUT2D eigenvalue weighted by molar-refractivity contribution is 7.19. The number of fused-ring (bicyclic) bond motifs is 1. The van der Waals surface area contributed by atoms with Gasteiger partial charge in [0, 0.05) is 41.1 Å². The van der Waals surface area contributed by atoms with Crippen LogP contribution in [0.25, 0.3) is 10.1 Å². The number of nitrogens with one attached hydrogen (secondary N) is 1. The summed E-state index contributed by atoms with van der Waals surface area (Å²) in [6, 6.07) is 5.29. The topological polar surface area (TPSA) is 15.3 Å². The summed E-state index contributed by atoms with van der Waals surface area (Å²) in [6.07, 6.45) is 3.73. The number of rotatable bonds is 8. The number of halogens is 1. The monoisotopic (exact) mass is 304 g/mol. The molecule has 0 amide bonds. The van der Waals surface area contributed by atoms with Crippen LogP contribution >= 0.6 is 11.3 Å². The zero-order chi connectivity index (χ0) is 15.2. The number of nitrogens with zero attached hydrogens (tertiary/aromatic N) is 1. The molecule has 0 atom stereocenters. The molecule has 0 saturated heterocycles. The van der Waals surface area contributed by atoms with Crippen molar-refractivity contribution in [2.24, 2.45) is 0 Å². The molecule has 0 aliphatic heterocycles. The van der Waals surface area contributed by atoms with Gasteiger partial charge in [0.15, 0.2) is 0 Å². The first-order valence-corrected chi connectivity index (χ1v) is 7.80. The van der Waals surface area contributed by atoms with Crippen LogP contribution in [0.1, 0.15) is 10.4 Å². The van der Waals surface area contributed by atoms with Crippen molar-refractivity contribution in [2.75, 3.05) is 20.1 Å². The smallest absolute Gasteiger partial charge is 0.132 e. The van der Waals surface area contributed by atoms with E-state index in [1.807, 2.05) is 25.3 Å². The van der Waals surface area contributed by atoms with Crippen LogP contribution in [0, 0.1) is 5.82 Å². The Morgan fingerprint density at radius 2 is 2.00 bits per heavy atom. The van der Waals surface area contributed by atoms with Crippen molar-refractivity contribution in [1.29, 1.82) is 0 Å². The lowest BCUT2D eigenvalue weighted by molar-refractivity contribution is 0.328. The fourth-order valence-corrected chi connectivity index (χ4v) is 3.72. The molecule has 0 unspecified atom stereocenters. The highest BCUT2D eigenvalue weighted by Gasteiger charge is 2.17. The van der Waals surface area contributed by atoms with Gasteiger partial charge in [-0.1, -0.05) is 18.2 Å². The Hall–Kier alpha value is -1.49. The number of hydrogen-bond acceptors (Lipinski definition) is 3. The Morgan fingerprint density at radius 1 is 1.29 bits per heavy atom. The third-order valence-corrected chi connectivity index (χ3v) is 4.54. The van der Waals surface area contributed by atoms with E-state index in [0.717, 1.165) is 35.3 Å². The van der Waals surface area contributed by atoms with Crippen molar-refractivity contribution in [3.8, 4) is 0 Å². The minimum atomic E-state index is -0.141. The molecule has 112 valence electrons. The maximum atomic E-state index is 14.2. The van der Waals surface area contributed by atoms with Crippen LogP contribution in [0.15, 0.2) is 43.5 Å². The molecule has 1 aromatic carbocycles. The van der Waals surface area contributed by atoms with Gasteiger partial charge in [-0.05, 0) is 24.7 Å². The van der Waals surface area contributed by atoms with Gasteiger partial charge in [0.05, 0.1) is 0 Å². The predicted molar refractivity (Wildman–Crippen MR) is 90.2 cm³/mol. The highest BCUT2D eigenvalue weighted by atomic mass is 32.1. The molecule has 1 heterocycles. The minimum absolute atomic E-state index is 0.141. The molecule has 0 aliphatic carbocycles. The normalized spacial score (nSPS) is 11.2. The second-order valence-corrected chi connectivity index (χ2v) is 6.06. The molecular weight excluding hydrogens is 283 g/mol. The molecule has 1 aromatic heterocycles. The summed E-state index contributed by atoms with van der Waals surface area (Å²) in [7, 11) is 1.91. The van der Waals surface area contributed by atoms with E-state index in [9.17, 15) is 4.39 Å². The first kappa shape index (κ1) is 15.9. The van der Waals surface area contributed by atoms with Gasteiger partial charge < -0.3 is 5.32 Å². The van der Waals surface area contributed by atoms with Crippen molar-refractivity contribution in [3.63, 3.8) is 0 Å². The number of benzene rings is 1. The van der Waals surface area contributed by atoms with Crippen LogP contribution in [0.2, 0.25) is 0 Å². The van der Waals surface area contributed by atoms with E-state index < -0.39 is 0 Å².